The molecule has 11 heteroatoms. The van der Waals surface area contributed by atoms with Gasteiger partial charge in [0, 0.05) is 24.6 Å². The summed E-state index contributed by atoms with van der Waals surface area (Å²) in [6.07, 6.45) is 4.70. The number of ketones is 1. The SMILES string of the molecule is C/C=C/C1=CN2C(=O)c3cc(C)c(O)cc3N(C(=O)OCc3ccc(CC(=O)[C@H](C)NC(=O)[C@@H](C)C(C)C)cc3)[C@@H](O[Si](C)(C)C(C)(C)C)[C@@H]2C1. The fourth-order valence-electron chi connectivity index (χ4n) is 5.81. The maximum absolute atomic E-state index is 14.3. The Balaban J connectivity index is 1.61. The number of phenols is 1. The average Bonchev–Trinajstić information content (AvgIpc) is 3.44. The largest absolute Gasteiger partial charge is 0.508 e. The van der Waals surface area contributed by atoms with Gasteiger partial charge in [-0.1, -0.05) is 78.0 Å². The van der Waals surface area contributed by atoms with Crippen molar-refractivity contribution in [3.8, 4) is 5.75 Å². The topological polar surface area (TPSA) is 125 Å². The van der Waals surface area contributed by atoms with E-state index in [4.69, 9.17) is 9.16 Å². The van der Waals surface area contributed by atoms with Crippen molar-refractivity contribution in [1.82, 2.24) is 10.2 Å². The van der Waals surface area contributed by atoms with Gasteiger partial charge in [-0.3, -0.25) is 14.4 Å². The highest BCUT2D eigenvalue weighted by Crippen LogP contribution is 2.44. The number of hydrogen-bond donors (Lipinski definition) is 2. The molecule has 0 spiro atoms. The van der Waals surface area contributed by atoms with Crippen LogP contribution < -0.4 is 10.2 Å². The van der Waals surface area contributed by atoms with Crippen molar-refractivity contribution >= 4 is 37.7 Å². The van der Waals surface area contributed by atoms with Crippen molar-refractivity contribution in [3.63, 3.8) is 0 Å². The Kier molecular flexibility index (Phi) is 12.1. The van der Waals surface area contributed by atoms with E-state index >= 15 is 0 Å². The van der Waals surface area contributed by atoms with Crippen LogP contribution in [0.2, 0.25) is 18.1 Å². The summed E-state index contributed by atoms with van der Waals surface area (Å²) < 4.78 is 13.0. The van der Waals surface area contributed by atoms with Crippen molar-refractivity contribution in [3.05, 3.63) is 82.6 Å². The molecule has 10 nitrogen and oxygen atoms in total. The molecule has 0 aliphatic carbocycles. The van der Waals surface area contributed by atoms with Crippen LogP contribution in [0.4, 0.5) is 10.5 Å². The van der Waals surface area contributed by atoms with Crippen LogP contribution in [0.25, 0.3) is 0 Å². The lowest BCUT2D eigenvalue weighted by Crippen LogP contribution is -2.57. The number of aromatic hydroxyl groups is 1. The van der Waals surface area contributed by atoms with Crippen molar-refractivity contribution in [1.29, 1.82) is 0 Å². The zero-order chi connectivity index (χ0) is 38.0. The predicted molar refractivity (Wildman–Crippen MR) is 202 cm³/mol. The van der Waals surface area contributed by atoms with Gasteiger partial charge in [0.05, 0.1) is 23.3 Å². The summed E-state index contributed by atoms with van der Waals surface area (Å²) in [5, 5.41) is 13.4. The van der Waals surface area contributed by atoms with Gasteiger partial charge in [-0.05, 0) is 79.6 Å². The Morgan fingerprint density at radius 3 is 2.27 bits per heavy atom. The summed E-state index contributed by atoms with van der Waals surface area (Å²) in [6, 6.07) is 9.11. The van der Waals surface area contributed by atoms with Crippen LogP contribution in [0.15, 0.2) is 60.3 Å². The summed E-state index contributed by atoms with van der Waals surface area (Å²) in [5.41, 5.74) is 3.41. The first-order chi connectivity index (χ1) is 23.7. The molecule has 4 atom stereocenters. The van der Waals surface area contributed by atoms with E-state index in [9.17, 15) is 24.3 Å². The molecule has 0 saturated carbocycles. The number of carbonyl (C=O) groups excluding carboxylic acids is 4. The smallest absolute Gasteiger partial charge is 0.416 e. The quantitative estimate of drug-likeness (QED) is 0.227. The third kappa shape index (κ3) is 8.81. The van der Waals surface area contributed by atoms with Crippen LogP contribution in [0.3, 0.4) is 0 Å². The Morgan fingerprint density at radius 1 is 1.06 bits per heavy atom. The molecule has 51 heavy (non-hydrogen) atoms. The van der Waals surface area contributed by atoms with Crippen molar-refractivity contribution < 1.29 is 33.4 Å². The maximum Gasteiger partial charge on any atom is 0.416 e. The molecule has 2 aliphatic heterocycles. The summed E-state index contributed by atoms with van der Waals surface area (Å²) in [4.78, 5) is 56.9. The number of nitrogens with one attached hydrogen (secondary N) is 1. The van der Waals surface area contributed by atoms with E-state index < -0.39 is 32.7 Å². The van der Waals surface area contributed by atoms with E-state index in [0.717, 1.165) is 11.1 Å². The number of allylic oxidation sites excluding steroid dienone is 2. The molecule has 2 aromatic rings. The number of benzene rings is 2. The molecule has 0 fully saturated rings. The van der Waals surface area contributed by atoms with E-state index in [2.05, 4.69) is 39.2 Å². The van der Waals surface area contributed by atoms with Gasteiger partial charge in [-0.2, -0.15) is 0 Å². The summed E-state index contributed by atoms with van der Waals surface area (Å²) in [6.45, 7) is 21.6. The minimum atomic E-state index is -2.55. The van der Waals surface area contributed by atoms with Crippen LogP contribution in [-0.2, 0) is 31.8 Å². The van der Waals surface area contributed by atoms with Crippen LogP contribution in [-0.4, -0.2) is 60.3 Å². The molecule has 2 heterocycles. The monoisotopic (exact) mass is 717 g/mol. The van der Waals surface area contributed by atoms with Crippen molar-refractivity contribution in [2.45, 2.75) is 118 Å². The van der Waals surface area contributed by atoms with Crippen LogP contribution in [0.1, 0.15) is 88.9 Å². The number of phenolic OH excluding ortho intramolecular Hbond substituents is 1. The van der Waals surface area contributed by atoms with Gasteiger partial charge in [-0.15, -0.1) is 0 Å². The third-order valence-electron chi connectivity index (χ3n) is 10.5. The third-order valence-corrected chi connectivity index (χ3v) is 15.0. The van der Waals surface area contributed by atoms with E-state index in [1.54, 1.807) is 49.1 Å². The molecule has 0 bridgehead atoms. The molecule has 2 aromatic carbocycles. The van der Waals surface area contributed by atoms with Gasteiger partial charge in [0.15, 0.2) is 20.3 Å². The van der Waals surface area contributed by atoms with Gasteiger partial charge in [-0.25, -0.2) is 9.69 Å². The van der Waals surface area contributed by atoms with Crippen molar-refractivity contribution in [2.24, 2.45) is 11.8 Å². The number of anilines is 1. The lowest BCUT2D eigenvalue weighted by Gasteiger charge is -2.44. The number of ether oxygens (including phenoxy) is 1. The average molecular weight is 718 g/mol. The number of nitrogens with zero attached hydrogens (tertiary/aromatic N) is 2. The van der Waals surface area contributed by atoms with Gasteiger partial charge >= 0.3 is 6.09 Å². The fourth-order valence-corrected chi connectivity index (χ4v) is 7.03. The van der Waals surface area contributed by atoms with E-state index in [-0.39, 0.29) is 64.5 Å². The van der Waals surface area contributed by atoms with E-state index in [1.165, 1.54) is 11.0 Å². The molecule has 0 radical (unpaired) electrons. The number of hydrogen-bond acceptors (Lipinski definition) is 7. The summed E-state index contributed by atoms with van der Waals surface area (Å²) in [5.74, 6) is -0.609. The number of carbonyl (C=O) groups is 4. The normalized spacial score (nSPS) is 19.0. The van der Waals surface area contributed by atoms with Gasteiger partial charge < -0.3 is 24.5 Å². The Bertz CT molecular complexity index is 1710. The summed E-state index contributed by atoms with van der Waals surface area (Å²) in [7, 11) is -2.55. The molecule has 2 N–H and O–H groups in total. The molecule has 4 rings (SSSR count). The molecular formula is C40H55N3O7Si. The first kappa shape index (κ1) is 39.6. The Morgan fingerprint density at radius 2 is 1.69 bits per heavy atom. The van der Waals surface area contributed by atoms with Gasteiger partial charge in [0.25, 0.3) is 5.91 Å². The van der Waals surface area contributed by atoms with Crippen LogP contribution >= 0.6 is 0 Å². The molecule has 276 valence electrons. The van der Waals surface area contributed by atoms with Crippen LogP contribution in [0, 0.1) is 18.8 Å². The summed E-state index contributed by atoms with van der Waals surface area (Å²) >= 11 is 0. The number of Topliss-reactive ketones (excluding diaryl/α,β-unsaturated/α-hetero) is 1. The molecule has 0 unspecified atom stereocenters. The van der Waals surface area contributed by atoms with Crippen molar-refractivity contribution in [2.75, 3.05) is 4.90 Å². The minimum Gasteiger partial charge on any atom is -0.508 e. The molecule has 2 aliphatic rings. The highest BCUT2D eigenvalue weighted by atomic mass is 28.4. The first-order valence-corrected chi connectivity index (χ1v) is 20.7. The zero-order valence-corrected chi connectivity index (χ0v) is 33.0. The predicted octanol–water partition coefficient (Wildman–Crippen LogP) is 7.79. The second kappa shape index (κ2) is 15.6. The molecule has 0 saturated heterocycles. The number of fused-ring (bicyclic) bond motifs is 2. The molecule has 0 aromatic heterocycles. The van der Waals surface area contributed by atoms with Gasteiger partial charge in [0.2, 0.25) is 5.91 Å². The maximum atomic E-state index is 14.3. The van der Waals surface area contributed by atoms with E-state index in [0.29, 0.717) is 17.5 Å². The molecular weight excluding hydrogens is 663 g/mol. The highest BCUT2D eigenvalue weighted by molar-refractivity contribution is 6.74. The lowest BCUT2D eigenvalue weighted by atomic mass is 9.96. The number of aryl methyl sites for hydroxylation is 1. The molecule has 3 amide bonds. The second-order valence-electron chi connectivity index (χ2n) is 15.8. The Labute approximate surface area is 304 Å². The highest BCUT2D eigenvalue weighted by Gasteiger charge is 2.50. The Hall–Kier alpha value is -4.22. The number of amides is 3. The fraction of sp³-hybridized carbons (Fsp3) is 0.500. The van der Waals surface area contributed by atoms with Gasteiger partial charge in [0.1, 0.15) is 12.4 Å². The lowest BCUT2D eigenvalue weighted by molar-refractivity contribution is -0.130. The van der Waals surface area contributed by atoms with Crippen LogP contribution in [0.5, 0.6) is 5.75 Å². The van der Waals surface area contributed by atoms with E-state index in [1.807, 2.05) is 46.0 Å². The first-order valence-electron chi connectivity index (χ1n) is 17.8. The zero-order valence-electron chi connectivity index (χ0n) is 32.0. The minimum absolute atomic E-state index is 0.0499. The second-order valence-corrected chi connectivity index (χ2v) is 20.5. The number of rotatable bonds is 11. The standard InChI is InChI=1S/C40H55N3O7Si/c1-12-13-30-19-33-38(50-51(10,11)40(7,8)9)43(32-21-34(44)25(4)18-31(32)37(47)42(33)22-30)39(48)49-23-29-16-14-28(15-17-29)20-35(45)27(6)41-36(46)26(5)24(2)3/h12-18,21-22,24,26-27,33,38,44H,19-20,23H2,1-11H3,(H,41,46)/b13-12+/t26-,27-,33-,38-/m0/s1.